The lowest BCUT2D eigenvalue weighted by Gasteiger charge is -2.29. The molecule has 0 saturated heterocycles. The predicted octanol–water partition coefficient (Wildman–Crippen LogP) is 5.61. The summed E-state index contributed by atoms with van der Waals surface area (Å²) in [7, 11) is 4.14. The molecule has 34 heavy (non-hydrogen) atoms. The number of Topliss-reactive ketones (excluding diaryl/α,β-unsaturated/α-hetero) is 1. The normalized spacial score (nSPS) is 11.2. The summed E-state index contributed by atoms with van der Waals surface area (Å²) in [4.78, 5) is 24.1. The van der Waals surface area contributed by atoms with Crippen LogP contribution in [0.3, 0.4) is 0 Å². The number of hydrogen-bond donors (Lipinski definition) is 1. The first kappa shape index (κ1) is 27.4. The first-order chi connectivity index (χ1) is 16.3. The summed E-state index contributed by atoms with van der Waals surface area (Å²) in [6.07, 6.45) is 5.93. The first-order valence-electron chi connectivity index (χ1n) is 12.5. The molecule has 1 amide bonds. The number of likely N-dealkylation sites (N-methyl/N-ethyl adjacent to an activating group) is 1. The second-order valence-corrected chi connectivity index (χ2v) is 9.28. The number of ketones is 1. The van der Waals surface area contributed by atoms with Gasteiger partial charge in [-0.05, 0) is 42.8 Å². The highest BCUT2D eigenvalue weighted by atomic mass is 16.5. The molecule has 0 aliphatic rings. The van der Waals surface area contributed by atoms with Crippen molar-refractivity contribution in [1.29, 1.82) is 0 Å². The number of nitrogens with one attached hydrogen (secondary N) is 1. The van der Waals surface area contributed by atoms with Crippen molar-refractivity contribution in [3.8, 4) is 17.2 Å². The zero-order valence-electron chi connectivity index (χ0n) is 21.3. The second kappa shape index (κ2) is 14.4. The Balaban J connectivity index is 1.78. The van der Waals surface area contributed by atoms with Gasteiger partial charge in [0.2, 0.25) is 0 Å². The van der Waals surface area contributed by atoms with Gasteiger partial charge in [-0.15, -0.1) is 0 Å². The first-order valence-corrected chi connectivity index (χ1v) is 12.5. The maximum absolute atomic E-state index is 12.2. The quantitative estimate of drug-likeness (QED) is 0.197. The fraction of sp³-hybridized carbons (Fsp3) is 0.500. The zero-order valence-corrected chi connectivity index (χ0v) is 21.3. The van der Waals surface area contributed by atoms with Gasteiger partial charge in [0.15, 0.2) is 23.8 Å². The number of hydrogen-bond acceptors (Lipinski definition) is 4. The van der Waals surface area contributed by atoms with E-state index in [0.717, 1.165) is 25.9 Å². The SMILES string of the molecule is CCCCCCNC(=O)C[N+](C)(C)CCCOc1ccccc1Oc1ccc(C(=O)CC)cc1. The molecule has 6 heteroatoms. The molecule has 1 N–H and O–H groups in total. The lowest BCUT2D eigenvalue weighted by atomic mass is 10.1. The highest BCUT2D eigenvalue weighted by molar-refractivity contribution is 5.95. The standard InChI is InChI=1S/C28H40N2O4/c1-5-7-8-11-19-29-28(32)22-30(3,4)20-12-21-33-26-13-9-10-14-27(26)34-24-17-15-23(16-18-24)25(31)6-2/h9-10,13-18H,5-8,11-12,19-22H2,1-4H3/p+1. The molecule has 2 aromatic carbocycles. The van der Waals surface area contributed by atoms with E-state index >= 15 is 0 Å². The maximum atomic E-state index is 12.2. The Hall–Kier alpha value is -2.86. The lowest BCUT2D eigenvalue weighted by Crippen LogP contribution is -2.48. The third-order valence-electron chi connectivity index (χ3n) is 5.66. The van der Waals surface area contributed by atoms with E-state index in [1.165, 1.54) is 19.3 Å². The van der Waals surface area contributed by atoms with Crippen molar-refractivity contribution in [2.45, 2.75) is 52.4 Å². The molecule has 2 aromatic rings. The number of carbonyl (C=O) groups is 2. The highest BCUT2D eigenvalue weighted by Gasteiger charge is 2.19. The summed E-state index contributed by atoms with van der Waals surface area (Å²) in [5.74, 6) is 2.18. The Bertz CT molecular complexity index is 894. The van der Waals surface area contributed by atoms with E-state index in [2.05, 4.69) is 26.3 Å². The number of ether oxygens (including phenoxy) is 2. The van der Waals surface area contributed by atoms with Crippen LogP contribution in [0.4, 0.5) is 0 Å². The van der Waals surface area contributed by atoms with E-state index in [1.54, 1.807) is 24.3 Å². The van der Waals surface area contributed by atoms with Gasteiger partial charge in [0, 0.05) is 24.9 Å². The molecule has 0 aromatic heterocycles. The van der Waals surface area contributed by atoms with Crippen LogP contribution in [0.2, 0.25) is 0 Å². The Morgan fingerprint density at radius 3 is 2.26 bits per heavy atom. The van der Waals surface area contributed by atoms with E-state index < -0.39 is 0 Å². The van der Waals surface area contributed by atoms with E-state index in [-0.39, 0.29) is 11.7 Å². The average molecular weight is 470 g/mol. The van der Waals surface area contributed by atoms with Crippen molar-refractivity contribution < 1.29 is 23.5 Å². The molecular formula is C28H41N2O4+. The van der Waals surface area contributed by atoms with Crippen LogP contribution >= 0.6 is 0 Å². The van der Waals surface area contributed by atoms with E-state index in [9.17, 15) is 9.59 Å². The molecule has 0 heterocycles. The summed E-state index contributed by atoms with van der Waals surface area (Å²) in [5.41, 5.74) is 0.685. The topological polar surface area (TPSA) is 64.6 Å². The Morgan fingerprint density at radius 2 is 1.59 bits per heavy atom. The maximum Gasteiger partial charge on any atom is 0.275 e. The zero-order chi connectivity index (χ0) is 24.8. The van der Waals surface area contributed by atoms with Crippen LogP contribution in [0.1, 0.15) is 62.7 Å². The number of amides is 1. The molecule has 0 bridgehead atoms. The minimum absolute atomic E-state index is 0.104. The van der Waals surface area contributed by atoms with Crippen LogP contribution in [-0.2, 0) is 4.79 Å². The molecule has 0 aliphatic carbocycles. The van der Waals surface area contributed by atoms with Gasteiger partial charge in [-0.3, -0.25) is 9.59 Å². The number of nitrogens with zero attached hydrogens (tertiary/aromatic N) is 1. The van der Waals surface area contributed by atoms with Crippen LogP contribution in [-0.4, -0.2) is 56.5 Å². The van der Waals surface area contributed by atoms with Gasteiger partial charge in [-0.25, -0.2) is 0 Å². The van der Waals surface area contributed by atoms with Gasteiger partial charge < -0.3 is 19.3 Å². The molecule has 0 unspecified atom stereocenters. The summed E-state index contributed by atoms with van der Waals surface area (Å²) in [6, 6.07) is 14.7. The lowest BCUT2D eigenvalue weighted by molar-refractivity contribution is -0.882. The Labute approximate surface area is 204 Å². The van der Waals surface area contributed by atoms with E-state index in [0.29, 0.717) is 46.9 Å². The van der Waals surface area contributed by atoms with Crippen molar-refractivity contribution in [3.05, 3.63) is 54.1 Å². The van der Waals surface area contributed by atoms with E-state index in [1.807, 2.05) is 31.2 Å². The van der Waals surface area contributed by atoms with Gasteiger partial charge in [0.25, 0.3) is 5.91 Å². The van der Waals surface area contributed by atoms with Gasteiger partial charge in [0.05, 0.1) is 27.2 Å². The van der Waals surface area contributed by atoms with Gasteiger partial charge in [-0.2, -0.15) is 0 Å². The van der Waals surface area contributed by atoms with Crippen molar-refractivity contribution >= 4 is 11.7 Å². The van der Waals surface area contributed by atoms with Gasteiger partial charge >= 0.3 is 0 Å². The summed E-state index contributed by atoms with van der Waals surface area (Å²) in [6.45, 7) is 6.62. The van der Waals surface area contributed by atoms with Crippen LogP contribution in [0.15, 0.2) is 48.5 Å². The predicted molar refractivity (Wildman–Crippen MR) is 137 cm³/mol. The molecule has 186 valence electrons. The van der Waals surface area contributed by atoms with Gasteiger partial charge in [0.1, 0.15) is 5.75 Å². The number of unbranched alkanes of at least 4 members (excludes halogenated alkanes) is 3. The number of benzene rings is 2. The molecule has 2 rings (SSSR count). The van der Waals surface area contributed by atoms with Crippen LogP contribution in [0.5, 0.6) is 17.2 Å². The van der Waals surface area contributed by atoms with Crippen LogP contribution < -0.4 is 14.8 Å². The van der Waals surface area contributed by atoms with Gasteiger partial charge in [-0.1, -0.05) is 45.2 Å². The summed E-state index contributed by atoms with van der Waals surface area (Å²) in [5, 5.41) is 3.04. The average Bonchev–Trinajstić information content (AvgIpc) is 2.82. The van der Waals surface area contributed by atoms with Crippen molar-refractivity contribution in [2.75, 3.05) is 40.3 Å². The summed E-state index contributed by atoms with van der Waals surface area (Å²) < 4.78 is 12.6. The fourth-order valence-electron chi connectivity index (χ4n) is 3.67. The monoisotopic (exact) mass is 469 g/mol. The Kier molecular flexibility index (Phi) is 11.6. The van der Waals surface area contributed by atoms with Crippen LogP contribution in [0.25, 0.3) is 0 Å². The molecule has 6 nitrogen and oxygen atoms in total. The molecule has 0 fully saturated rings. The van der Waals surface area contributed by atoms with Crippen molar-refractivity contribution in [3.63, 3.8) is 0 Å². The molecular weight excluding hydrogens is 428 g/mol. The minimum Gasteiger partial charge on any atom is -0.489 e. The van der Waals surface area contributed by atoms with Crippen LogP contribution in [0, 0.1) is 0 Å². The van der Waals surface area contributed by atoms with E-state index in [4.69, 9.17) is 9.47 Å². The smallest absolute Gasteiger partial charge is 0.275 e. The Morgan fingerprint density at radius 1 is 0.882 bits per heavy atom. The summed E-state index contributed by atoms with van der Waals surface area (Å²) >= 11 is 0. The van der Waals surface area contributed by atoms with Crippen molar-refractivity contribution in [2.24, 2.45) is 0 Å². The third-order valence-corrected chi connectivity index (χ3v) is 5.66. The fourth-order valence-corrected chi connectivity index (χ4v) is 3.67. The number of rotatable bonds is 16. The molecule has 0 saturated carbocycles. The largest absolute Gasteiger partial charge is 0.489 e. The highest BCUT2D eigenvalue weighted by Crippen LogP contribution is 2.31. The molecule has 0 radical (unpaired) electrons. The molecule has 0 spiro atoms. The third kappa shape index (κ3) is 9.96. The van der Waals surface area contributed by atoms with Crippen molar-refractivity contribution in [1.82, 2.24) is 5.32 Å². The number of carbonyl (C=O) groups excluding carboxylic acids is 2. The molecule has 0 atom stereocenters. The molecule has 0 aliphatic heterocycles. The second-order valence-electron chi connectivity index (χ2n) is 9.28. The number of para-hydroxylation sites is 2. The minimum atomic E-state index is 0.104. The number of quaternary nitrogens is 1.